The third-order valence-electron chi connectivity index (χ3n) is 2.45. The van der Waals surface area contributed by atoms with Crippen molar-refractivity contribution in [2.45, 2.75) is 31.7 Å². The van der Waals surface area contributed by atoms with Crippen LogP contribution < -0.4 is 5.32 Å². The largest absolute Gasteiger partial charge is 0.416 e. The van der Waals surface area contributed by atoms with E-state index >= 15 is 0 Å². The molecule has 1 aromatic carbocycles. The SMILES string of the molecule is CC(CC(F)(F)F)NC(=O)c1cc(C(F)(F)F)ccc1Br. The molecule has 1 aromatic rings. The van der Waals surface area contributed by atoms with Crippen molar-refractivity contribution in [2.75, 3.05) is 0 Å². The number of rotatable bonds is 3. The molecule has 0 fully saturated rings. The van der Waals surface area contributed by atoms with Gasteiger partial charge in [-0.05, 0) is 41.1 Å². The Morgan fingerprint density at radius 2 is 1.81 bits per heavy atom. The van der Waals surface area contributed by atoms with Gasteiger partial charge < -0.3 is 5.32 Å². The Morgan fingerprint density at radius 3 is 2.29 bits per heavy atom. The second kappa shape index (κ2) is 6.25. The van der Waals surface area contributed by atoms with Gasteiger partial charge in [-0.1, -0.05) is 0 Å². The molecule has 1 amide bonds. The molecule has 0 aliphatic rings. The number of amides is 1. The van der Waals surface area contributed by atoms with Crippen molar-refractivity contribution in [3.63, 3.8) is 0 Å². The van der Waals surface area contributed by atoms with Crippen molar-refractivity contribution >= 4 is 21.8 Å². The zero-order valence-electron chi connectivity index (χ0n) is 10.6. The zero-order valence-corrected chi connectivity index (χ0v) is 12.2. The summed E-state index contributed by atoms with van der Waals surface area (Å²) in [7, 11) is 0. The summed E-state index contributed by atoms with van der Waals surface area (Å²) in [4.78, 5) is 11.8. The molecule has 1 atom stereocenters. The highest BCUT2D eigenvalue weighted by molar-refractivity contribution is 9.10. The number of nitrogens with one attached hydrogen (secondary N) is 1. The van der Waals surface area contributed by atoms with E-state index in [1.54, 1.807) is 0 Å². The van der Waals surface area contributed by atoms with Crippen LogP contribution in [0.2, 0.25) is 0 Å². The van der Waals surface area contributed by atoms with Crippen LogP contribution in [-0.4, -0.2) is 18.1 Å². The molecule has 0 aliphatic heterocycles. The summed E-state index contributed by atoms with van der Waals surface area (Å²) in [5.41, 5.74) is -1.43. The summed E-state index contributed by atoms with van der Waals surface area (Å²) >= 11 is 2.90. The predicted molar refractivity (Wildman–Crippen MR) is 66.7 cm³/mol. The Balaban J connectivity index is 2.92. The topological polar surface area (TPSA) is 29.1 Å². The Bertz CT molecular complexity index is 525. The highest BCUT2D eigenvalue weighted by Crippen LogP contribution is 2.32. The minimum atomic E-state index is -4.65. The molecule has 0 radical (unpaired) electrons. The number of benzene rings is 1. The van der Waals surface area contributed by atoms with Crippen LogP contribution >= 0.6 is 15.9 Å². The minimum absolute atomic E-state index is 0.0622. The fourth-order valence-electron chi connectivity index (χ4n) is 1.58. The molecule has 1 rings (SSSR count). The van der Waals surface area contributed by atoms with Crippen LogP contribution in [0.3, 0.4) is 0 Å². The molecule has 2 nitrogen and oxygen atoms in total. The first kappa shape index (κ1) is 17.8. The first-order valence-electron chi connectivity index (χ1n) is 5.64. The fraction of sp³-hybridized carbons (Fsp3) is 0.417. The molecule has 21 heavy (non-hydrogen) atoms. The molecule has 0 bridgehead atoms. The molecule has 0 aromatic heterocycles. The van der Waals surface area contributed by atoms with Crippen LogP contribution in [0.25, 0.3) is 0 Å². The third-order valence-corrected chi connectivity index (χ3v) is 3.14. The summed E-state index contributed by atoms with van der Waals surface area (Å²) in [6.07, 6.45) is -10.4. The normalized spacial score (nSPS) is 13.9. The molecule has 0 heterocycles. The average molecular weight is 378 g/mol. The summed E-state index contributed by atoms with van der Waals surface area (Å²) in [5, 5.41) is 2.02. The number of carbonyl (C=O) groups is 1. The molecule has 0 saturated heterocycles. The van der Waals surface area contributed by atoms with Gasteiger partial charge in [0.25, 0.3) is 5.91 Å². The summed E-state index contributed by atoms with van der Waals surface area (Å²) in [6, 6.07) is 1.12. The molecular formula is C12H10BrF6NO. The predicted octanol–water partition coefficient (Wildman–Crippen LogP) is 4.54. The van der Waals surface area contributed by atoms with Gasteiger partial charge in [-0.25, -0.2) is 0 Å². The van der Waals surface area contributed by atoms with Crippen molar-refractivity contribution in [1.82, 2.24) is 5.32 Å². The Hall–Kier alpha value is -1.25. The molecular weight excluding hydrogens is 368 g/mol. The molecule has 9 heteroatoms. The number of hydrogen-bond acceptors (Lipinski definition) is 1. The van der Waals surface area contributed by atoms with Gasteiger partial charge in [0.05, 0.1) is 17.5 Å². The fourth-order valence-corrected chi connectivity index (χ4v) is 2.00. The van der Waals surface area contributed by atoms with Gasteiger partial charge in [0.2, 0.25) is 0 Å². The Morgan fingerprint density at radius 1 is 1.24 bits per heavy atom. The van der Waals surface area contributed by atoms with Gasteiger partial charge in [0.1, 0.15) is 0 Å². The number of carbonyl (C=O) groups excluding carboxylic acids is 1. The van der Waals surface area contributed by atoms with Crippen molar-refractivity contribution in [3.8, 4) is 0 Å². The van der Waals surface area contributed by atoms with Crippen LogP contribution in [0, 0.1) is 0 Å². The average Bonchev–Trinajstić information content (AvgIpc) is 2.24. The van der Waals surface area contributed by atoms with E-state index in [0.29, 0.717) is 6.07 Å². The first-order valence-corrected chi connectivity index (χ1v) is 6.44. The third kappa shape index (κ3) is 5.56. The number of halogens is 7. The lowest BCUT2D eigenvalue weighted by Gasteiger charge is -2.17. The monoisotopic (exact) mass is 377 g/mol. The van der Waals surface area contributed by atoms with E-state index in [-0.39, 0.29) is 10.0 Å². The summed E-state index contributed by atoms with van der Waals surface area (Å²) in [6.45, 7) is 1.12. The van der Waals surface area contributed by atoms with E-state index in [2.05, 4.69) is 15.9 Å². The summed E-state index contributed by atoms with van der Waals surface area (Å²) in [5.74, 6) is -1.01. The molecule has 1 unspecified atom stereocenters. The van der Waals surface area contributed by atoms with Gasteiger partial charge in [-0.3, -0.25) is 4.79 Å². The maximum Gasteiger partial charge on any atom is 0.416 e. The lowest BCUT2D eigenvalue weighted by atomic mass is 10.1. The van der Waals surface area contributed by atoms with Crippen molar-refractivity contribution < 1.29 is 31.1 Å². The van der Waals surface area contributed by atoms with Crippen molar-refractivity contribution in [2.24, 2.45) is 0 Å². The van der Waals surface area contributed by atoms with Gasteiger partial charge in [0.15, 0.2) is 0 Å². The standard InChI is InChI=1S/C12H10BrF6NO/c1-6(5-11(14,15)16)20-10(21)8-4-7(12(17,18)19)2-3-9(8)13/h2-4,6H,5H2,1H3,(H,20,21). The lowest BCUT2D eigenvalue weighted by molar-refractivity contribution is -0.138. The lowest BCUT2D eigenvalue weighted by Crippen LogP contribution is -2.36. The van der Waals surface area contributed by atoms with E-state index in [1.165, 1.54) is 0 Å². The maximum atomic E-state index is 12.6. The number of alkyl halides is 6. The van der Waals surface area contributed by atoms with Crippen molar-refractivity contribution in [1.29, 1.82) is 0 Å². The van der Waals surface area contributed by atoms with E-state index in [4.69, 9.17) is 0 Å². The molecule has 118 valence electrons. The smallest absolute Gasteiger partial charge is 0.349 e. The first-order chi connectivity index (χ1) is 9.40. The second-order valence-electron chi connectivity index (χ2n) is 4.39. The highest BCUT2D eigenvalue weighted by Gasteiger charge is 2.33. The minimum Gasteiger partial charge on any atom is -0.349 e. The van der Waals surface area contributed by atoms with Crippen LogP contribution in [0.1, 0.15) is 29.3 Å². The highest BCUT2D eigenvalue weighted by atomic mass is 79.9. The van der Waals surface area contributed by atoms with E-state index in [1.807, 2.05) is 5.32 Å². The molecule has 0 aliphatic carbocycles. The summed E-state index contributed by atoms with van der Waals surface area (Å²) < 4.78 is 74.2. The maximum absolute atomic E-state index is 12.6. The van der Waals surface area contributed by atoms with Gasteiger partial charge in [-0.15, -0.1) is 0 Å². The van der Waals surface area contributed by atoms with Crippen LogP contribution in [0.15, 0.2) is 22.7 Å². The van der Waals surface area contributed by atoms with Gasteiger partial charge >= 0.3 is 12.4 Å². The second-order valence-corrected chi connectivity index (χ2v) is 5.24. The van der Waals surface area contributed by atoms with Gasteiger partial charge in [0, 0.05) is 10.5 Å². The molecule has 0 saturated carbocycles. The Kier molecular flexibility index (Phi) is 5.30. The Labute approximate surface area is 124 Å². The van der Waals surface area contributed by atoms with Crippen LogP contribution in [-0.2, 0) is 6.18 Å². The molecule has 1 N–H and O–H groups in total. The van der Waals surface area contributed by atoms with Gasteiger partial charge in [-0.2, -0.15) is 26.3 Å². The quantitative estimate of drug-likeness (QED) is 0.769. The van der Waals surface area contributed by atoms with E-state index in [0.717, 1.165) is 19.1 Å². The zero-order chi connectivity index (χ0) is 16.4. The number of hydrogen-bond donors (Lipinski definition) is 1. The van der Waals surface area contributed by atoms with Crippen molar-refractivity contribution in [3.05, 3.63) is 33.8 Å². The molecule has 0 spiro atoms. The van der Waals surface area contributed by atoms with Crippen LogP contribution in [0.4, 0.5) is 26.3 Å². The van der Waals surface area contributed by atoms with Crippen LogP contribution in [0.5, 0.6) is 0 Å². The van der Waals surface area contributed by atoms with E-state index in [9.17, 15) is 31.1 Å². The van der Waals surface area contributed by atoms with E-state index < -0.39 is 36.3 Å².